The van der Waals surface area contributed by atoms with Crippen molar-refractivity contribution in [2.24, 2.45) is 5.73 Å². The Balaban J connectivity index is 2.15. The van der Waals surface area contributed by atoms with Gasteiger partial charge in [0.1, 0.15) is 0 Å². The van der Waals surface area contributed by atoms with Crippen LogP contribution in [0, 0.1) is 0 Å². The first-order valence-corrected chi connectivity index (χ1v) is 3.32. The molecule has 0 atom stereocenters. The topological polar surface area (TPSA) is 29.3 Å². The second-order valence-electron chi connectivity index (χ2n) is 2.32. The summed E-state index contributed by atoms with van der Waals surface area (Å²) in [5.74, 6) is 0. The maximum atomic E-state index is 5.45. The standard InChI is InChI=1S/C6H14N2/c1-2-8(5-7)6-3-4-6/h6H,2-5,7H2,1H3. The second-order valence-corrected chi connectivity index (χ2v) is 2.32. The van der Waals surface area contributed by atoms with Crippen LogP contribution in [0.3, 0.4) is 0 Å². The average molecular weight is 114 g/mol. The van der Waals surface area contributed by atoms with Gasteiger partial charge in [-0.05, 0) is 19.4 Å². The molecule has 1 aliphatic rings. The van der Waals surface area contributed by atoms with Crippen LogP contribution < -0.4 is 5.73 Å². The molecule has 0 aromatic carbocycles. The van der Waals surface area contributed by atoms with Crippen LogP contribution in [0.5, 0.6) is 0 Å². The van der Waals surface area contributed by atoms with Crippen molar-refractivity contribution < 1.29 is 0 Å². The van der Waals surface area contributed by atoms with Crippen molar-refractivity contribution in [3.63, 3.8) is 0 Å². The van der Waals surface area contributed by atoms with Gasteiger partial charge in [0.2, 0.25) is 0 Å². The first-order chi connectivity index (χ1) is 3.88. The second kappa shape index (κ2) is 2.46. The fourth-order valence-corrected chi connectivity index (χ4v) is 0.976. The molecule has 0 spiro atoms. The molecule has 2 nitrogen and oxygen atoms in total. The summed E-state index contributed by atoms with van der Waals surface area (Å²) >= 11 is 0. The van der Waals surface area contributed by atoms with Crippen LogP contribution >= 0.6 is 0 Å². The molecule has 1 fully saturated rings. The van der Waals surface area contributed by atoms with E-state index in [1.807, 2.05) is 0 Å². The van der Waals surface area contributed by atoms with Crippen molar-refractivity contribution in [3.05, 3.63) is 0 Å². The third-order valence-electron chi connectivity index (χ3n) is 1.70. The molecule has 0 aromatic heterocycles. The van der Waals surface area contributed by atoms with Gasteiger partial charge in [0.05, 0.1) is 0 Å². The predicted molar refractivity (Wildman–Crippen MR) is 34.5 cm³/mol. The lowest BCUT2D eigenvalue weighted by molar-refractivity contribution is 0.286. The quantitative estimate of drug-likeness (QED) is 0.538. The smallest absolute Gasteiger partial charge is 0.0457 e. The Bertz CT molecular complexity index is 64.9. The first kappa shape index (κ1) is 6.05. The minimum Gasteiger partial charge on any atom is -0.318 e. The molecule has 0 aliphatic heterocycles. The molecular formula is C6H14N2. The van der Waals surface area contributed by atoms with E-state index in [2.05, 4.69) is 11.8 Å². The fraction of sp³-hybridized carbons (Fsp3) is 1.00. The van der Waals surface area contributed by atoms with Crippen molar-refractivity contribution in [2.45, 2.75) is 25.8 Å². The van der Waals surface area contributed by atoms with Crippen molar-refractivity contribution >= 4 is 0 Å². The average Bonchev–Trinajstić information content (AvgIpc) is 2.53. The highest BCUT2D eigenvalue weighted by atomic mass is 15.2. The highest BCUT2D eigenvalue weighted by molar-refractivity contribution is 4.82. The van der Waals surface area contributed by atoms with Crippen LogP contribution in [0.25, 0.3) is 0 Å². The summed E-state index contributed by atoms with van der Waals surface area (Å²) in [5.41, 5.74) is 5.45. The van der Waals surface area contributed by atoms with Gasteiger partial charge < -0.3 is 5.73 Å². The molecule has 0 unspecified atom stereocenters. The molecule has 1 aliphatic carbocycles. The number of nitrogens with two attached hydrogens (primary N) is 1. The molecule has 48 valence electrons. The summed E-state index contributed by atoms with van der Waals surface area (Å²) in [5, 5.41) is 0. The molecule has 0 radical (unpaired) electrons. The zero-order valence-corrected chi connectivity index (χ0v) is 5.43. The lowest BCUT2D eigenvalue weighted by Gasteiger charge is -2.15. The van der Waals surface area contributed by atoms with Crippen molar-refractivity contribution in [2.75, 3.05) is 13.2 Å². The maximum absolute atomic E-state index is 5.45. The van der Waals surface area contributed by atoms with Crippen molar-refractivity contribution in [1.29, 1.82) is 0 Å². The van der Waals surface area contributed by atoms with E-state index in [4.69, 9.17) is 5.73 Å². The molecule has 1 rings (SSSR count). The lowest BCUT2D eigenvalue weighted by atomic mass is 10.5. The Labute approximate surface area is 50.7 Å². The van der Waals surface area contributed by atoms with Crippen LogP contribution in [0.4, 0.5) is 0 Å². The molecule has 2 N–H and O–H groups in total. The highest BCUT2D eigenvalue weighted by Gasteiger charge is 2.26. The van der Waals surface area contributed by atoms with E-state index in [0.717, 1.165) is 19.3 Å². The van der Waals surface area contributed by atoms with E-state index in [1.54, 1.807) is 0 Å². The Morgan fingerprint density at radius 3 is 2.38 bits per heavy atom. The molecule has 0 amide bonds. The molecule has 2 heteroatoms. The molecule has 0 bridgehead atoms. The highest BCUT2D eigenvalue weighted by Crippen LogP contribution is 2.25. The monoisotopic (exact) mass is 114 g/mol. The Kier molecular flexibility index (Phi) is 1.86. The third kappa shape index (κ3) is 1.20. The largest absolute Gasteiger partial charge is 0.318 e. The van der Waals surface area contributed by atoms with Gasteiger partial charge in [-0.25, -0.2) is 0 Å². The molecule has 0 saturated heterocycles. The van der Waals surface area contributed by atoms with E-state index < -0.39 is 0 Å². The normalized spacial score (nSPS) is 19.9. The van der Waals surface area contributed by atoms with E-state index in [1.165, 1.54) is 12.8 Å². The van der Waals surface area contributed by atoms with Crippen LogP contribution in [0.15, 0.2) is 0 Å². The van der Waals surface area contributed by atoms with Gasteiger partial charge in [0.25, 0.3) is 0 Å². The van der Waals surface area contributed by atoms with E-state index in [0.29, 0.717) is 0 Å². The van der Waals surface area contributed by atoms with E-state index in [9.17, 15) is 0 Å². The summed E-state index contributed by atoms with van der Waals surface area (Å²) in [6.45, 7) is 4.01. The van der Waals surface area contributed by atoms with Gasteiger partial charge in [-0.15, -0.1) is 0 Å². The summed E-state index contributed by atoms with van der Waals surface area (Å²) in [6, 6.07) is 0.838. The molecule has 1 saturated carbocycles. The van der Waals surface area contributed by atoms with E-state index >= 15 is 0 Å². The van der Waals surface area contributed by atoms with Crippen LogP contribution in [0.2, 0.25) is 0 Å². The summed E-state index contributed by atoms with van der Waals surface area (Å²) < 4.78 is 0. The molecular weight excluding hydrogens is 100 g/mol. The Hall–Kier alpha value is -0.0800. The van der Waals surface area contributed by atoms with Crippen LogP contribution in [0.1, 0.15) is 19.8 Å². The SMILES string of the molecule is CCN(CN)C1CC1. The number of nitrogens with zero attached hydrogens (tertiary/aromatic N) is 1. The number of hydrogen-bond donors (Lipinski definition) is 1. The maximum Gasteiger partial charge on any atom is 0.0457 e. The molecule has 0 aromatic rings. The summed E-state index contributed by atoms with van der Waals surface area (Å²) in [7, 11) is 0. The van der Waals surface area contributed by atoms with Crippen LogP contribution in [-0.2, 0) is 0 Å². The summed E-state index contributed by atoms with van der Waals surface area (Å²) in [6.07, 6.45) is 2.73. The summed E-state index contributed by atoms with van der Waals surface area (Å²) in [4.78, 5) is 2.31. The van der Waals surface area contributed by atoms with Gasteiger partial charge in [0.15, 0.2) is 0 Å². The molecule has 0 heterocycles. The van der Waals surface area contributed by atoms with E-state index in [-0.39, 0.29) is 0 Å². The van der Waals surface area contributed by atoms with Crippen molar-refractivity contribution in [3.8, 4) is 0 Å². The van der Waals surface area contributed by atoms with Gasteiger partial charge in [-0.3, -0.25) is 4.90 Å². The van der Waals surface area contributed by atoms with Crippen LogP contribution in [-0.4, -0.2) is 24.2 Å². The molecule has 8 heavy (non-hydrogen) atoms. The number of rotatable bonds is 3. The minimum atomic E-state index is 0.737. The lowest BCUT2D eigenvalue weighted by Crippen LogP contribution is -2.31. The first-order valence-electron chi connectivity index (χ1n) is 3.32. The zero-order valence-electron chi connectivity index (χ0n) is 5.43. The van der Waals surface area contributed by atoms with Gasteiger partial charge in [-0.2, -0.15) is 0 Å². The predicted octanol–water partition coefficient (Wildman–Crippen LogP) is 0.387. The third-order valence-corrected chi connectivity index (χ3v) is 1.70. The minimum absolute atomic E-state index is 0.737. The van der Waals surface area contributed by atoms with Gasteiger partial charge in [-0.1, -0.05) is 6.92 Å². The van der Waals surface area contributed by atoms with Crippen molar-refractivity contribution in [1.82, 2.24) is 4.90 Å². The Morgan fingerprint density at radius 1 is 1.62 bits per heavy atom. The van der Waals surface area contributed by atoms with Gasteiger partial charge >= 0.3 is 0 Å². The number of hydrogen-bond acceptors (Lipinski definition) is 2. The fourth-order valence-electron chi connectivity index (χ4n) is 0.976. The zero-order chi connectivity index (χ0) is 5.98. The Morgan fingerprint density at radius 2 is 2.25 bits per heavy atom. The van der Waals surface area contributed by atoms with Gasteiger partial charge in [0, 0.05) is 12.7 Å².